The fourth-order valence-electron chi connectivity index (χ4n) is 2.20. The normalized spacial score (nSPS) is 10.6. The molecule has 1 aromatic carbocycles. The van der Waals surface area contributed by atoms with E-state index in [1.54, 1.807) is 11.3 Å². The molecule has 3 rings (SSSR count). The number of nitriles is 1. The Bertz CT molecular complexity index is 799. The Morgan fingerprint density at radius 3 is 2.95 bits per heavy atom. The van der Waals surface area contributed by atoms with E-state index in [0.717, 1.165) is 27.9 Å². The molecule has 3 aromatic rings. The molecule has 0 fully saturated rings. The highest BCUT2D eigenvalue weighted by Gasteiger charge is 2.10. The number of hydrogen-bond donors (Lipinski definition) is 1. The number of fused-ring (bicyclic) bond motifs is 1. The third kappa shape index (κ3) is 2.29. The molecule has 4 heteroatoms. The predicted octanol–water partition coefficient (Wildman–Crippen LogP) is 3.55. The average molecular weight is 279 g/mol. The highest BCUT2D eigenvalue weighted by atomic mass is 32.1. The van der Waals surface area contributed by atoms with Crippen LogP contribution in [0.3, 0.4) is 0 Å². The number of benzene rings is 1. The van der Waals surface area contributed by atoms with Crippen molar-refractivity contribution < 1.29 is 0 Å². The number of hydrogen-bond acceptors (Lipinski definition) is 4. The highest BCUT2D eigenvalue weighted by molar-refractivity contribution is 7.13. The van der Waals surface area contributed by atoms with Gasteiger partial charge in [-0.05, 0) is 36.2 Å². The Balaban J connectivity index is 2.15. The summed E-state index contributed by atoms with van der Waals surface area (Å²) >= 11 is 1.65. The van der Waals surface area contributed by atoms with E-state index in [-0.39, 0.29) is 0 Å². The van der Waals surface area contributed by atoms with Crippen LogP contribution in [0.1, 0.15) is 11.3 Å². The Morgan fingerprint density at radius 1 is 1.30 bits per heavy atom. The SMILES string of the molecule is CNCc1csc(-c2cc3ccccc3nc2C#N)c1. The van der Waals surface area contributed by atoms with Gasteiger partial charge in [0.15, 0.2) is 0 Å². The zero-order chi connectivity index (χ0) is 13.9. The number of pyridine rings is 1. The lowest BCUT2D eigenvalue weighted by Gasteiger charge is -2.03. The molecular formula is C16H13N3S. The van der Waals surface area contributed by atoms with Gasteiger partial charge in [-0.1, -0.05) is 18.2 Å². The molecule has 0 saturated carbocycles. The lowest BCUT2D eigenvalue weighted by molar-refractivity contribution is 0.821. The molecule has 0 saturated heterocycles. The van der Waals surface area contributed by atoms with Crippen molar-refractivity contribution >= 4 is 22.2 Å². The quantitative estimate of drug-likeness (QED) is 0.797. The smallest absolute Gasteiger partial charge is 0.149 e. The van der Waals surface area contributed by atoms with Crippen molar-refractivity contribution in [3.63, 3.8) is 0 Å². The molecule has 20 heavy (non-hydrogen) atoms. The van der Waals surface area contributed by atoms with Gasteiger partial charge in [-0.3, -0.25) is 0 Å². The van der Waals surface area contributed by atoms with E-state index >= 15 is 0 Å². The topological polar surface area (TPSA) is 48.7 Å². The van der Waals surface area contributed by atoms with E-state index in [1.165, 1.54) is 5.56 Å². The van der Waals surface area contributed by atoms with Crippen molar-refractivity contribution in [3.05, 3.63) is 53.0 Å². The Labute approximate surface area is 121 Å². The van der Waals surface area contributed by atoms with Crippen LogP contribution in [0.4, 0.5) is 0 Å². The van der Waals surface area contributed by atoms with E-state index in [4.69, 9.17) is 0 Å². The Kier molecular flexibility index (Phi) is 3.46. The van der Waals surface area contributed by atoms with Crippen molar-refractivity contribution in [1.29, 1.82) is 5.26 Å². The highest BCUT2D eigenvalue weighted by Crippen LogP contribution is 2.31. The molecule has 0 aliphatic rings. The summed E-state index contributed by atoms with van der Waals surface area (Å²) in [5, 5.41) is 15.6. The summed E-state index contributed by atoms with van der Waals surface area (Å²) in [6, 6.07) is 14.3. The fraction of sp³-hybridized carbons (Fsp3) is 0.125. The summed E-state index contributed by atoms with van der Waals surface area (Å²) in [4.78, 5) is 5.54. The maximum Gasteiger partial charge on any atom is 0.149 e. The molecule has 0 aliphatic heterocycles. The summed E-state index contributed by atoms with van der Waals surface area (Å²) in [6.07, 6.45) is 0. The van der Waals surface area contributed by atoms with Crippen LogP contribution in [-0.2, 0) is 6.54 Å². The lowest BCUT2D eigenvalue weighted by Crippen LogP contribution is -2.03. The summed E-state index contributed by atoms with van der Waals surface area (Å²) in [6.45, 7) is 0.833. The van der Waals surface area contributed by atoms with Crippen LogP contribution in [0.25, 0.3) is 21.3 Å². The third-order valence-electron chi connectivity index (χ3n) is 3.13. The standard InChI is InChI=1S/C16H13N3S/c1-18-9-11-6-16(20-10-11)13-7-12-4-2-3-5-14(12)19-15(13)8-17/h2-7,10,18H,9H2,1H3. The molecule has 2 heterocycles. The maximum atomic E-state index is 9.33. The summed E-state index contributed by atoms with van der Waals surface area (Å²) in [5.41, 5.74) is 3.49. The first kappa shape index (κ1) is 12.8. The molecule has 0 radical (unpaired) electrons. The fourth-order valence-corrected chi connectivity index (χ4v) is 3.13. The van der Waals surface area contributed by atoms with Crippen molar-refractivity contribution in [2.75, 3.05) is 7.05 Å². The average Bonchev–Trinajstić information content (AvgIpc) is 2.94. The van der Waals surface area contributed by atoms with Crippen molar-refractivity contribution in [2.45, 2.75) is 6.54 Å². The molecule has 0 amide bonds. The van der Waals surface area contributed by atoms with E-state index in [2.05, 4.69) is 33.9 Å². The predicted molar refractivity (Wildman–Crippen MR) is 82.5 cm³/mol. The molecule has 1 N–H and O–H groups in total. The second-order valence-corrected chi connectivity index (χ2v) is 5.45. The van der Waals surface area contributed by atoms with Gasteiger partial charge >= 0.3 is 0 Å². The Hall–Kier alpha value is -2.22. The number of rotatable bonds is 3. The monoisotopic (exact) mass is 279 g/mol. The van der Waals surface area contributed by atoms with Gasteiger partial charge in [0.1, 0.15) is 11.8 Å². The minimum Gasteiger partial charge on any atom is -0.316 e. The Morgan fingerprint density at radius 2 is 2.15 bits per heavy atom. The largest absolute Gasteiger partial charge is 0.316 e. The van der Waals surface area contributed by atoms with Crippen molar-refractivity contribution in [3.8, 4) is 16.5 Å². The first-order valence-corrected chi connectivity index (χ1v) is 7.22. The molecule has 2 aromatic heterocycles. The number of thiophene rings is 1. The molecule has 0 aliphatic carbocycles. The van der Waals surface area contributed by atoms with E-state index in [9.17, 15) is 5.26 Å². The van der Waals surface area contributed by atoms with Gasteiger partial charge < -0.3 is 5.32 Å². The first-order chi connectivity index (χ1) is 9.81. The van der Waals surface area contributed by atoms with Gasteiger partial charge in [-0.15, -0.1) is 11.3 Å². The number of aromatic nitrogens is 1. The van der Waals surface area contributed by atoms with Gasteiger partial charge in [0.05, 0.1) is 5.52 Å². The van der Waals surface area contributed by atoms with Gasteiger partial charge in [-0.2, -0.15) is 5.26 Å². The first-order valence-electron chi connectivity index (χ1n) is 6.34. The van der Waals surface area contributed by atoms with Crippen LogP contribution in [0.2, 0.25) is 0 Å². The number of nitrogens with zero attached hydrogens (tertiary/aromatic N) is 2. The summed E-state index contributed by atoms with van der Waals surface area (Å²) < 4.78 is 0. The van der Waals surface area contributed by atoms with E-state index < -0.39 is 0 Å². The summed E-state index contributed by atoms with van der Waals surface area (Å²) in [5.74, 6) is 0. The molecular weight excluding hydrogens is 266 g/mol. The molecule has 3 nitrogen and oxygen atoms in total. The molecule has 98 valence electrons. The minimum absolute atomic E-state index is 0.488. The van der Waals surface area contributed by atoms with E-state index in [1.807, 2.05) is 31.3 Å². The third-order valence-corrected chi connectivity index (χ3v) is 4.14. The second kappa shape index (κ2) is 5.41. The van der Waals surface area contributed by atoms with E-state index in [0.29, 0.717) is 5.69 Å². The zero-order valence-electron chi connectivity index (χ0n) is 11.1. The molecule has 0 spiro atoms. The molecule has 0 atom stereocenters. The van der Waals surface area contributed by atoms with Gasteiger partial charge in [0.25, 0.3) is 0 Å². The van der Waals surface area contributed by atoms with Crippen LogP contribution < -0.4 is 5.32 Å². The van der Waals surface area contributed by atoms with Crippen LogP contribution in [0.5, 0.6) is 0 Å². The van der Waals surface area contributed by atoms with Crippen LogP contribution in [-0.4, -0.2) is 12.0 Å². The summed E-state index contributed by atoms with van der Waals surface area (Å²) in [7, 11) is 1.93. The van der Waals surface area contributed by atoms with Crippen molar-refractivity contribution in [2.24, 2.45) is 0 Å². The van der Waals surface area contributed by atoms with Gasteiger partial charge in [0, 0.05) is 22.4 Å². The molecule has 0 bridgehead atoms. The zero-order valence-corrected chi connectivity index (χ0v) is 11.9. The minimum atomic E-state index is 0.488. The number of nitrogens with one attached hydrogen (secondary N) is 1. The maximum absolute atomic E-state index is 9.33. The van der Waals surface area contributed by atoms with Crippen molar-refractivity contribution in [1.82, 2.24) is 10.3 Å². The van der Waals surface area contributed by atoms with Gasteiger partial charge in [-0.25, -0.2) is 4.98 Å². The van der Waals surface area contributed by atoms with Crippen LogP contribution in [0.15, 0.2) is 41.8 Å². The number of para-hydroxylation sites is 1. The lowest BCUT2D eigenvalue weighted by atomic mass is 10.1. The van der Waals surface area contributed by atoms with Crippen LogP contribution in [0, 0.1) is 11.3 Å². The molecule has 0 unspecified atom stereocenters. The van der Waals surface area contributed by atoms with Crippen LogP contribution >= 0.6 is 11.3 Å². The second-order valence-electron chi connectivity index (χ2n) is 4.54. The van der Waals surface area contributed by atoms with Gasteiger partial charge in [0.2, 0.25) is 0 Å².